The summed E-state index contributed by atoms with van der Waals surface area (Å²) in [6.07, 6.45) is 0. The molecule has 0 aliphatic carbocycles. The molecular weight excluding hydrogens is 372 g/mol. The lowest BCUT2D eigenvalue weighted by molar-refractivity contribution is -0.119. The molecule has 6 nitrogen and oxygen atoms in total. The predicted molar refractivity (Wildman–Crippen MR) is 112 cm³/mol. The van der Waals surface area contributed by atoms with Crippen molar-refractivity contribution in [2.75, 3.05) is 12.9 Å². The van der Waals surface area contributed by atoms with E-state index >= 15 is 0 Å². The average Bonchev–Trinajstić information content (AvgIpc) is 3.17. The van der Waals surface area contributed by atoms with Crippen LogP contribution >= 0.6 is 11.8 Å². The monoisotopic (exact) mass is 396 g/mol. The van der Waals surface area contributed by atoms with Gasteiger partial charge in [0.05, 0.1) is 18.9 Å². The highest BCUT2D eigenvalue weighted by Gasteiger charge is 2.13. The number of aromatic nitrogens is 3. The highest BCUT2D eigenvalue weighted by atomic mass is 32.2. The first-order valence-corrected chi connectivity index (χ1v) is 10.0. The number of aryl methyl sites for hydroxylation is 2. The van der Waals surface area contributed by atoms with Crippen LogP contribution in [0.4, 0.5) is 0 Å². The number of hydrogen-bond acceptors (Lipinski definition) is 5. The van der Waals surface area contributed by atoms with Crippen LogP contribution in [-0.2, 0) is 4.79 Å². The number of carbonyl (C=O) groups is 1. The Kier molecular flexibility index (Phi) is 6.36. The summed E-state index contributed by atoms with van der Waals surface area (Å²) in [5, 5.41) is 10.7. The Morgan fingerprint density at radius 3 is 2.61 bits per heavy atom. The Morgan fingerprint density at radius 2 is 1.93 bits per heavy atom. The minimum absolute atomic E-state index is 0.0468. The smallest absolute Gasteiger partial charge is 0.230 e. The third kappa shape index (κ3) is 4.92. The fraction of sp³-hybridized carbons (Fsp3) is 0.286. The first-order valence-electron chi connectivity index (χ1n) is 9.02. The molecule has 0 bridgehead atoms. The second kappa shape index (κ2) is 8.93. The summed E-state index contributed by atoms with van der Waals surface area (Å²) >= 11 is 1.30. The first-order chi connectivity index (χ1) is 13.5. The minimum Gasteiger partial charge on any atom is -0.497 e. The Bertz CT molecular complexity index is 953. The van der Waals surface area contributed by atoms with E-state index in [4.69, 9.17) is 4.74 Å². The topological polar surface area (TPSA) is 79.9 Å². The molecule has 0 saturated heterocycles. The number of hydrogen-bond donors (Lipinski definition) is 2. The SMILES string of the molecule is COc1ccc(-c2nc(SCC(=O)N[C@@H](C)c3ccc(C)c(C)c3)n[nH]2)cc1. The molecular formula is C21H24N4O2S. The summed E-state index contributed by atoms with van der Waals surface area (Å²) in [4.78, 5) is 16.7. The molecule has 0 radical (unpaired) electrons. The van der Waals surface area contributed by atoms with E-state index in [0.29, 0.717) is 11.0 Å². The Hall–Kier alpha value is -2.80. The van der Waals surface area contributed by atoms with E-state index in [1.807, 2.05) is 31.2 Å². The van der Waals surface area contributed by atoms with Gasteiger partial charge in [-0.05, 0) is 61.7 Å². The van der Waals surface area contributed by atoms with Crippen molar-refractivity contribution in [2.24, 2.45) is 0 Å². The third-order valence-electron chi connectivity index (χ3n) is 4.57. The zero-order chi connectivity index (χ0) is 20.1. The van der Waals surface area contributed by atoms with Gasteiger partial charge in [-0.15, -0.1) is 5.10 Å². The van der Waals surface area contributed by atoms with E-state index in [9.17, 15) is 4.79 Å². The van der Waals surface area contributed by atoms with E-state index in [1.165, 1.54) is 22.9 Å². The van der Waals surface area contributed by atoms with Crippen LogP contribution in [-0.4, -0.2) is 34.0 Å². The number of thioether (sulfide) groups is 1. The van der Waals surface area contributed by atoms with E-state index in [2.05, 4.69) is 52.5 Å². The van der Waals surface area contributed by atoms with Crippen molar-refractivity contribution in [3.63, 3.8) is 0 Å². The molecule has 0 aliphatic heterocycles. The number of methoxy groups -OCH3 is 1. The Morgan fingerprint density at radius 1 is 1.18 bits per heavy atom. The van der Waals surface area contributed by atoms with E-state index in [1.54, 1.807) is 7.11 Å². The van der Waals surface area contributed by atoms with Crippen molar-refractivity contribution in [1.82, 2.24) is 20.5 Å². The third-order valence-corrected chi connectivity index (χ3v) is 5.42. The number of ether oxygens (including phenoxy) is 1. The molecule has 1 atom stereocenters. The van der Waals surface area contributed by atoms with Crippen molar-refractivity contribution >= 4 is 17.7 Å². The summed E-state index contributed by atoms with van der Waals surface area (Å²) in [7, 11) is 1.63. The zero-order valence-electron chi connectivity index (χ0n) is 16.4. The van der Waals surface area contributed by atoms with E-state index in [0.717, 1.165) is 16.9 Å². The zero-order valence-corrected chi connectivity index (χ0v) is 17.3. The van der Waals surface area contributed by atoms with Gasteiger partial charge in [-0.25, -0.2) is 4.98 Å². The fourth-order valence-corrected chi connectivity index (χ4v) is 3.33. The second-order valence-electron chi connectivity index (χ2n) is 6.62. The van der Waals surface area contributed by atoms with Gasteiger partial charge in [0, 0.05) is 5.56 Å². The fourth-order valence-electron chi connectivity index (χ4n) is 2.72. The van der Waals surface area contributed by atoms with Gasteiger partial charge in [-0.3, -0.25) is 9.89 Å². The summed E-state index contributed by atoms with van der Waals surface area (Å²) < 4.78 is 5.16. The molecule has 1 aromatic heterocycles. The van der Waals surface area contributed by atoms with Crippen LogP contribution in [0.5, 0.6) is 5.75 Å². The number of rotatable bonds is 7. The van der Waals surface area contributed by atoms with Gasteiger partial charge in [0.15, 0.2) is 5.82 Å². The maximum Gasteiger partial charge on any atom is 0.230 e. The number of benzene rings is 2. The van der Waals surface area contributed by atoms with Crippen LogP contribution < -0.4 is 10.1 Å². The van der Waals surface area contributed by atoms with Crippen molar-refractivity contribution < 1.29 is 9.53 Å². The van der Waals surface area contributed by atoms with Crippen LogP contribution in [0, 0.1) is 13.8 Å². The summed E-state index contributed by atoms with van der Waals surface area (Å²) in [5.41, 5.74) is 4.48. The van der Waals surface area contributed by atoms with Crippen molar-refractivity contribution in [1.29, 1.82) is 0 Å². The molecule has 3 aromatic rings. The van der Waals surface area contributed by atoms with Gasteiger partial charge in [0.1, 0.15) is 5.75 Å². The van der Waals surface area contributed by atoms with Gasteiger partial charge in [-0.1, -0.05) is 30.0 Å². The summed E-state index contributed by atoms with van der Waals surface area (Å²) in [6.45, 7) is 6.14. The largest absolute Gasteiger partial charge is 0.497 e. The van der Waals surface area contributed by atoms with Crippen LogP contribution in [0.25, 0.3) is 11.4 Å². The molecule has 2 aromatic carbocycles. The number of carbonyl (C=O) groups excluding carboxylic acids is 1. The first kappa shape index (κ1) is 19.9. The molecule has 7 heteroatoms. The molecule has 3 rings (SSSR count). The van der Waals surface area contributed by atoms with Crippen LogP contribution in [0.2, 0.25) is 0 Å². The van der Waals surface area contributed by atoms with E-state index < -0.39 is 0 Å². The molecule has 1 amide bonds. The highest BCUT2D eigenvalue weighted by Crippen LogP contribution is 2.22. The van der Waals surface area contributed by atoms with Gasteiger partial charge < -0.3 is 10.1 Å². The lowest BCUT2D eigenvalue weighted by Gasteiger charge is -2.15. The predicted octanol–water partition coefficient (Wildman–Crippen LogP) is 4.07. The van der Waals surface area contributed by atoms with Gasteiger partial charge in [-0.2, -0.15) is 0 Å². The van der Waals surface area contributed by atoms with Crippen LogP contribution in [0.15, 0.2) is 47.6 Å². The molecule has 0 saturated carbocycles. The summed E-state index contributed by atoms with van der Waals surface area (Å²) in [6, 6.07) is 13.8. The van der Waals surface area contributed by atoms with E-state index in [-0.39, 0.29) is 17.7 Å². The molecule has 1 heterocycles. The number of aromatic amines is 1. The van der Waals surface area contributed by atoms with Crippen molar-refractivity contribution in [3.05, 3.63) is 59.2 Å². The maximum absolute atomic E-state index is 12.3. The van der Waals surface area contributed by atoms with Crippen LogP contribution in [0.3, 0.4) is 0 Å². The average molecular weight is 397 g/mol. The maximum atomic E-state index is 12.3. The van der Waals surface area contributed by atoms with Gasteiger partial charge in [0.2, 0.25) is 11.1 Å². The standard InChI is InChI=1S/C21H24N4O2S/c1-13-5-6-17(11-14(13)2)15(3)22-19(26)12-28-21-23-20(24-25-21)16-7-9-18(27-4)10-8-16/h5-11,15H,12H2,1-4H3,(H,22,26)(H,23,24,25)/t15-/m0/s1. The second-order valence-corrected chi connectivity index (χ2v) is 7.56. The minimum atomic E-state index is -0.0495. The molecule has 0 unspecified atom stereocenters. The molecule has 0 fully saturated rings. The number of H-pyrrole nitrogens is 1. The highest BCUT2D eigenvalue weighted by molar-refractivity contribution is 7.99. The Balaban J connectivity index is 1.54. The van der Waals surface area contributed by atoms with Gasteiger partial charge in [0.25, 0.3) is 0 Å². The molecule has 0 aliphatic rings. The van der Waals surface area contributed by atoms with Crippen LogP contribution in [0.1, 0.15) is 29.7 Å². The van der Waals surface area contributed by atoms with Gasteiger partial charge >= 0.3 is 0 Å². The van der Waals surface area contributed by atoms with Crippen molar-refractivity contribution in [3.8, 4) is 17.1 Å². The quantitative estimate of drug-likeness (QED) is 0.589. The summed E-state index contributed by atoms with van der Waals surface area (Å²) in [5.74, 6) is 1.66. The number of nitrogens with one attached hydrogen (secondary N) is 2. The lowest BCUT2D eigenvalue weighted by Crippen LogP contribution is -2.28. The molecule has 0 spiro atoms. The molecule has 28 heavy (non-hydrogen) atoms. The number of amides is 1. The number of nitrogens with zero attached hydrogens (tertiary/aromatic N) is 2. The Labute approximate surface area is 169 Å². The lowest BCUT2D eigenvalue weighted by atomic mass is 10.0. The molecule has 146 valence electrons. The normalized spacial score (nSPS) is 11.9. The van der Waals surface area contributed by atoms with Crippen molar-refractivity contribution in [2.45, 2.75) is 32.0 Å². The molecule has 2 N–H and O–H groups in total.